The number of nitrogens with one attached hydrogen (secondary N) is 3. The van der Waals surface area contributed by atoms with E-state index >= 15 is 0 Å². The molecule has 0 radical (unpaired) electrons. The highest BCUT2D eigenvalue weighted by Crippen LogP contribution is 2.30. The summed E-state index contributed by atoms with van der Waals surface area (Å²) in [5.74, 6) is -4.21. The summed E-state index contributed by atoms with van der Waals surface area (Å²) in [6, 6.07) is 17.5. The van der Waals surface area contributed by atoms with E-state index in [-0.39, 0.29) is 29.8 Å². The molecule has 15 heteroatoms. The number of aliphatic carboxylic acids is 2. The number of ketones is 1. The summed E-state index contributed by atoms with van der Waals surface area (Å²) >= 11 is 0. The number of phenolic OH excluding ortho intramolecular Hbond substituents is 1. The van der Waals surface area contributed by atoms with Crippen molar-refractivity contribution in [1.82, 2.24) is 10.6 Å². The molecule has 0 aliphatic rings. The fourth-order valence-corrected chi connectivity index (χ4v) is 5.44. The number of carboxylic acid groups (broad SMARTS) is 2. The van der Waals surface area contributed by atoms with Crippen molar-refractivity contribution >= 4 is 41.3 Å². The normalized spacial score (nSPS) is 13.1. The van der Waals surface area contributed by atoms with Crippen LogP contribution in [0.1, 0.15) is 67.1 Å². The Morgan fingerprint density at radius 3 is 2.00 bits per heavy atom. The molecule has 0 heterocycles. The average Bonchev–Trinajstić information content (AvgIpc) is 3.14. The SMILES string of the molecule is COC(=O)C(C)Nc1ccccc1C(=O)[C@H](CC(=O)O)NCCC(C)(C)c1ccc(O)c(C)c1.COC(=O)[C@H](Cc1ccccc1)NC(=O)[C@@H](N)CC(=O)O. The highest BCUT2D eigenvalue weighted by Gasteiger charge is 2.28. The smallest absolute Gasteiger partial charge is 0.328 e. The van der Waals surface area contributed by atoms with Crippen LogP contribution in [0.2, 0.25) is 0 Å². The van der Waals surface area contributed by atoms with Crippen LogP contribution in [0.4, 0.5) is 5.69 Å². The van der Waals surface area contributed by atoms with E-state index in [0.717, 1.165) is 16.7 Å². The van der Waals surface area contributed by atoms with Gasteiger partial charge < -0.3 is 46.5 Å². The number of Topliss-reactive ketones (excluding diaryl/α,β-unsaturated/α-hetero) is 1. The number of carbonyl (C=O) groups excluding carboxylic acids is 4. The minimum absolute atomic E-state index is 0.235. The lowest BCUT2D eigenvalue weighted by Crippen LogP contribution is -2.50. The van der Waals surface area contributed by atoms with E-state index in [9.17, 15) is 39.0 Å². The number of anilines is 1. The van der Waals surface area contributed by atoms with E-state index < -0.39 is 60.4 Å². The average molecular weight is 765 g/mol. The molecular weight excluding hydrogens is 712 g/mol. The number of rotatable bonds is 19. The third-order valence-electron chi connectivity index (χ3n) is 8.75. The van der Waals surface area contributed by atoms with E-state index in [1.165, 1.54) is 14.2 Å². The zero-order valence-corrected chi connectivity index (χ0v) is 32.0. The molecule has 15 nitrogen and oxygen atoms in total. The van der Waals surface area contributed by atoms with Crippen molar-refractivity contribution in [1.29, 1.82) is 0 Å². The second-order valence-corrected chi connectivity index (χ2v) is 13.5. The maximum atomic E-state index is 13.3. The van der Waals surface area contributed by atoms with E-state index in [2.05, 4.69) is 34.5 Å². The molecule has 4 atom stereocenters. The molecule has 0 spiro atoms. The second-order valence-electron chi connectivity index (χ2n) is 13.5. The fourth-order valence-electron chi connectivity index (χ4n) is 5.44. The molecule has 0 saturated heterocycles. The quantitative estimate of drug-likeness (QED) is 0.0684. The topological polar surface area (TPSA) is 244 Å². The van der Waals surface area contributed by atoms with Crippen LogP contribution in [0.15, 0.2) is 72.8 Å². The minimum Gasteiger partial charge on any atom is -0.508 e. The highest BCUT2D eigenvalue weighted by molar-refractivity contribution is 6.06. The van der Waals surface area contributed by atoms with Crippen LogP contribution in [0, 0.1) is 6.92 Å². The van der Waals surface area contributed by atoms with E-state index in [0.29, 0.717) is 24.2 Å². The zero-order valence-electron chi connectivity index (χ0n) is 32.0. The van der Waals surface area contributed by atoms with Crippen LogP contribution in [0.5, 0.6) is 5.75 Å². The van der Waals surface area contributed by atoms with Crippen molar-refractivity contribution in [3.05, 3.63) is 95.1 Å². The number of aryl methyl sites for hydroxylation is 1. The maximum Gasteiger partial charge on any atom is 0.328 e. The second kappa shape index (κ2) is 21.8. The Morgan fingerprint density at radius 1 is 0.818 bits per heavy atom. The summed E-state index contributed by atoms with van der Waals surface area (Å²) < 4.78 is 9.37. The van der Waals surface area contributed by atoms with Gasteiger partial charge in [-0.15, -0.1) is 0 Å². The molecule has 3 aromatic carbocycles. The van der Waals surface area contributed by atoms with Crippen molar-refractivity contribution in [3.63, 3.8) is 0 Å². The number of esters is 2. The van der Waals surface area contributed by atoms with Crippen molar-refractivity contribution in [2.75, 3.05) is 26.1 Å². The molecule has 298 valence electrons. The molecule has 1 amide bonds. The standard InChI is InChI=1S/C26H34N2O6.C14H18N2O5/c1-16-14-18(10-11-22(16)29)26(3,4)12-13-27-21(15-23(30)31)24(32)19-8-6-7-9-20(19)28-17(2)25(33)34-5;1-21-14(20)11(7-9-5-3-2-4-6-9)16-13(19)10(15)8-12(17)18/h6-11,14,17,21,27-29H,12-13,15H2,1-5H3,(H,30,31);2-6,10-11H,7-8,15H2,1H3,(H,16,19)(H,17,18)/t17?,21-;10-,11-/m00/s1. The minimum atomic E-state index is -1.22. The van der Waals surface area contributed by atoms with Gasteiger partial charge in [-0.2, -0.15) is 0 Å². The van der Waals surface area contributed by atoms with Gasteiger partial charge in [0.05, 0.1) is 39.1 Å². The summed E-state index contributed by atoms with van der Waals surface area (Å²) in [5, 5.41) is 36.3. The van der Waals surface area contributed by atoms with Crippen LogP contribution < -0.4 is 21.7 Å². The van der Waals surface area contributed by atoms with Crippen molar-refractivity contribution in [2.45, 2.75) is 83.0 Å². The molecule has 0 aromatic heterocycles. The number of aromatic hydroxyl groups is 1. The summed E-state index contributed by atoms with van der Waals surface area (Å²) in [6.07, 6.45) is -0.0114. The Hall–Kier alpha value is -5.80. The van der Waals surface area contributed by atoms with Crippen molar-refractivity contribution in [2.24, 2.45) is 5.73 Å². The molecule has 0 fully saturated rings. The first kappa shape index (κ1) is 45.4. The first-order valence-electron chi connectivity index (χ1n) is 17.5. The number of para-hydroxylation sites is 1. The van der Waals surface area contributed by atoms with E-state index in [1.807, 2.05) is 37.3 Å². The van der Waals surface area contributed by atoms with Gasteiger partial charge in [0.1, 0.15) is 17.8 Å². The number of nitrogens with two attached hydrogens (primary N) is 1. The number of carboxylic acids is 2. The number of amides is 1. The van der Waals surface area contributed by atoms with Crippen LogP contribution in [0.3, 0.4) is 0 Å². The Morgan fingerprint density at radius 2 is 1.42 bits per heavy atom. The lowest BCUT2D eigenvalue weighted by Gasteiger charge is -2.27. The summed E-state index contributed by atoms with van der Waals surface area (Å²) in [4.78, 5) is 70.6. The van der Waals surface area contributed by atoms with E-state index in [1.54, 1.807) is 49.4 Å². The van der Waals surface area contributed by atoms with Crippen LogP contribution >= 0.6 is 0 Å². The molecule has 0 aliphatic carbocycles. The Labute approximate surface area is 320 Å². The van der Waals surface area contributed by atoms with Gasteiger partial charge in [0.15, 0.2) is 5.78 Å². The molecule has 3 rings (SSSR count). The molecular formula is C40H52N4O11. The lowest BCUT2D eigenvalue weighted by atomic mass is 9.81. The predicted octanol–water partition coefficient (Wildman–Crippen LogP) is 3.35. The molecule has 0 aliphatic heterocycles. The fraction of sp³-hybridized carbons (Fsp3) is 0.400. The zero-order chi connectivity index (χ0) is 41.3. The predicted molar refractivity (Wildman–Crippen MR) is 205 cm³/mol. The third-order valence-corrected chi connectivity index (χ3v) is 8.75. The van der Waals surface area contributed by atoms with Gasteiger partial charge in [0.2, 0.25) is 5.91 Å². The molecule has 0 saturated carbocycles. The largest absolute Gasteiger partial charge is 0.508 e. The third kappa shape index (κ3) is 14.9. The van der Waals surface area contributed by atoms with Crippen LogP contribution in [-0.2, 0) is 45.3 Å². The first-order chi connectivity index (χ1) is 25.9. The van der Waals surface area contributed by atoms with Crippen molar-refractivity contribution in [3.8, 4) is 5.75 Å². The van der Waals surface area contributed by atoms with Crippen LogP contribution in [-0.4, -0.2) is 95.8 Å². The maximum absolute atomic E-state index is 13.3. The van der Waals surface area contributed by atoms with Gasteiger partial charge >= 0.3 is 23.9 Å². The van der Waals surface area contributed by atoms with Gasteiger partial charge in [-0.25, -0.2) is 9.59 Å². The van der Waals surface area contributed by atoms with Gasteiger partial charge in [-0.1, -0.05) is 68.4 Å². The highest BCUT2D eigenvalue weighted by atomic mass is 16.5. The number of hydrogen-bond acceptors (Lipinski definition) is 12. The molecule has 0 bridgehead atoms. The summed E-state index contributed by atoms with van der Waals surface area (Å²) in [7, 11) is 2.50. The number of carbonyl (C=O) groups is 6. The number of benzene rings is 3. The van der Waals surface area contributed by atoms with E-state index in [4.69, 9.17) is 15.6 Å². The first-order valence-corrected chi connectivity index (χ1v) is 17.5. The molecule has 3 aromatic rings. The molecule has 55 heavy (non-hydrogen) atoms. The van der Waals surface area contributed by atoms with Gasteiger partial charge in [-0.05, 0) is 67.1 Å². The van der Waals surface area contributed by atoms with Gasteiger partial charge in [0.25, 0.3) is 0 Å². The molecule has 8 N–H and O–H groups in total. The van der Waals surface area contributed by atoms with Crippen molar-refractivity contribution < 1.29 is 53.6 Å². The van der Waals surface area contributed by atoms with Gasteiger partial charge in [-0.3, -0.25) is 19.2 Å². The lowest BCUT2D eigenvalue weighted by molar-refractivity contribution is -0.145. The van der Waals surface area contributed by atoms with Gasteiger partial charge in [0, 0.05) is 17.7 Å². The summed E-state index contributed by atoms with van der Waals surface area (Å²) in [6.45, 7) is 7.98. The Balaban J connectivity index is 0.000000426. The monoisotopic (exact) mass is 764 g/mol. The number of hydrogen-bond donors (Lipinski definition) is 7. The van der Waals surface area contributed by atoms with Crippen LogP contribution in [0.25, 0.3) is 0 Å². The summed E-state index contributed by atoms with van der Waals surface area (Å²) in [5.41, 5.74) is 8.57. The Kier molecular flexibility index (Phi) is 18.0. The Bertz CT molecular complexity index is 1780. The number of phenols is 1. The number of methoxy groups -OCH3 is 2. The number of ether oxygens (including phenoxy) is 2. The molecule has 1 unspecified atom stereocenters.